The molecule has 0 aromatic rings. The predicted molar refractivity (Wildman–Crippen MR) is 31.6 cm³/mol. The van der Waals surface area contributed by atoms with Crippen LogP contribution in [0.5, 0.6) is 0 Å². The monoisotopic (exact) mass is 144 g/mol. The SMILES string of the molecule is COCC1(C)N=NC(=O)O1. The molecule has 10 heavy (non-hydrogen) atoms. The Morgan fingerprint density at radius 2 is 2.50 bits per heavy atom. The molecule has 5 nitrogen and oxygen atoms in total. The smallest absolute Gasteiger partial charge is 0.414 e. The van der Waals surface area contributed by atoms with Crippen LogP contribution in [-0.2, 0) is 9.47 Å². The highest BCUT2D eigenvalue weighted by atomic mass is 16.6. The van der Waals surface area contributed by atoms with Crippen molar-refractivity contribution in [3.05, 3.63) is 0 Å². The number of azo groups is 1. The second kappa shape index (κ2) is 2.34. The van der Waals surface area contributed by atoms with E-state index >= 15 is 0 Å². The lowest BCUT2D eigenvalue weighted by Crippen LogP contribution is -2.28. The van der Waals surface area contributed by atoms with Crippen molar-refractivity contribution in [2.24, 2.45) is 10.2 Å². The molecule has 1 amide bonds. The van der Waals surface area contributed by atoms with Crippen LogP contribution in [0, 0.1) is 0 Å². The average Bonchev–Trinajstić information content (AvgIpc) is 2.12. The van der Waals surface area contributed by atoms with Gasteiger partial charge in [-0.25, -0.2) is 4.79 Å². The number of cyclic esters (lactones) is 1. The minimum atomic E-state index is -0.897. The molecular formula is C5H8N2O3. The summed E-state index contributed by atoms with van der Waals surface area (Å²) in [6.45, 7) is 1.87. The van der Waals surface area contributed by atoms with Crippen LogP contribution in [0.3, 0.4) is 0 Å². The van der Waals surface area contributed by atoms with Crippen molar-refractivity contribution in [2.45, 2.75) is 12.6 Å². The lowest BCUT2D eigenvalue weighted by atomic mass is 10.3. The molecule has 1 aliphatic heterocycles. The zero-order valence-corrected chi connectivity index (χ0v) is 5.83. The van der Waals surface area contributed by atoms with Crippen molar-refractivity contribution >= 4 is 6.09 Å². The number of amides is 1. The summed E-state index contributed by atoms with van der Waals surface area (Å²) in [6, 6.07) is 0. The molecule has 1 rings (SSSR count). The van der Waals surface area contributed by atoms with Crippen molar-refractivity contribution in [3.63, 3.8) is 0 Å². The maximum absolute atomic E-state index is 10.4. The Balaban J connectivity index is 2.56. The zero-order chi connectivity index (χ0) is 7.61. The van der Waals surface area contributed by atoms with Crippen molar-refractivity contribution in [1.29, 1.82) is 0 Å². The first kappa shape index (κ1) is 7.14. The summed E-state index contributed by atoms with van der Waals surface area (Å²) in [6.07, 6.45) is -0.653. The fraction of sp³-hybridized carbons (Fsp3) is 0.800. The summed E-state index contributed by atoms with van der Waals surface area (Å²) in [5.41, 5.74) is -0.897. The van der Waals surface area contributed by atoms with Crippen molar-refractivity contribution in [1.82, 2.24) is 0 Å². The lowest BCUT2D eigenvalue weighted by Gasteiger charge is -2.15. The fourth-order valence-electron chi connectivity index (χ4n) is 0.702. The number of nitrogens with zero attached hydrogens (tertiary/aromatic N) is 2. The lowest BCUT2D eigenvalue weighted by molar-refractivity contribution is -0.00638. The minimum Gasteiger partial charge on any atom is -0.414 e. The molecule has 1 aliphatic rings. The van der Waals surface area contributed by atoms with E-state index in [1.54, 1.807) is 6.92 Å². The maximum atomic E-state index is 10.4. The van der Waals surface area contributed by atoms with Crippen molar-refractivity contribution in [3.8, 4) is 0 Å². The summed E-state index contributed by atoms with van der Waals surface area (Å²) >= 11 is 0. The largest absolute Gasteiger partial charge is 0.454 e. The van der Waals surface area contributed by atoms with Crippen LogP contribution in [0.25, 0.3) is 0 Å². The first-order chi connectivity index (χ1) is 4.66. The van der Waals surface area contributed by atoms with Crippen LogP contribution < -0.4 is 0 Å². The van der Waals surface area contributed by atoms with Crippen molar-refractivity contribution in [2.75, 3.05) is 13.7 Å². The van der Waals surface area contributed by atoms with Gasteiger partial charge in [0.2, 0.25) is 5.72 Å². The topological polar surface area (TPSA) is 60.2 Å². The molecule has 0 aromatic heterocycles. The average molecular weight is 144 g/mol. The summed E-state index contributed by atoms with van der Waals surface area (Å²) in [5.74, 6) is 0. The van der Waals surface area contributed by atoms with Gasteiger partial charge in [0.15, 0.2) is 0 Å². The van der Waals surface area contributed by atoms with Gasteiger partial charge in [0.1, 0.15) is 6.61 Å². The molecule has 0 spiro atoms. The minimum absolute atomic E-state index is 0.238. The highest BCUT2D eigenvalue weighted by Gasteiger charge is 2.33. The fourth-order valence-corrected chi connectivity index (χ4v) is 0.702. The molecule has 0 aromatic carbocycles. The van der Waals surface area contributed by atoms with Gasteiger partial charge in [-0.1, -0.05) is 5.11 Å². The Bertz CT molecular complexity index is 180. The van der Waals surface area contributed by atoms with E-state index in [2.05, 4.69) is 10.2 Å². The van der Waals surface area contributed by atoms with Gasteiger partial charge in [-0.2, -0.15) is 0 Å². The van der Waals surface area contributed by atoms with E-state index in [1.165, 1.54) is 7.11 Å². The maximum Gasteiger partial charge on any atom is 0.454 e. The molecule has 1 unspecified atom stereocenters. The van der Waals surface area contributed by atoms with Crippen LogP contribution >= 0.6 is 0 Å². The number of hydrogen-bond acceptors (Lipinski definition) is 4. The summed E-state index contributed by atoms with van der Waals surface area (Å²) in [4.78, 5) is 10.4. The second-order valence-corrected chi connectivity index (χ2v) is 2.18. The van der Waals surface area contributed by atoms with Gasteiger partial charge in [-0.05, 0) is 0 Å². The third-order valence-corrected chi connectivity index (χ3v) is 1.06. The van der Waals surface area contributed by atoms with Gasteiger partial charge < -0.3 is 9.47 Å². The number of carbonyl (C=O) groups is 1. The quantitative estimate of drug-likeness (QED) is 0.579. The first-order valence-electron chi connectivity index (χ1n) is 2.81. The molecule has 5 heteroatoms. The summed E-state index contributed by atoms with van der Waals surface area (Å²) < 4.78 is 9.44. The number of hydrogen-bond donors (Lipinski definition) is 0. The van der Waals surface area contributed by atoms with E-state index in [0.29, 0.717) is 0 Å². The molecule has 1 atom stereocenters. The Hall–Kier alpha value is -0.970. The Morgan fingerprint density at radius 1 is 1.80 bits per heavy atom. The van der Waals surface area contributed by atoms with Gasteiger partial charge in [0, 0.05) is 14.0 Å². The normalized spacial score (nSPS) is 30.8. The number of carbonyl (C=O) groups excluding carboxylic acids is 1. The Kier molecular flexibility index (Phi) is 1.67. The van der Waals surface area contributed by atoms with Crippen LogP contribution in [0.2, 0.25) is 0 Å². The number of methoxy groups -OCH3 is 1. The van der Waals surface area contributed by atoms with E-state index < -0.39 is 11.8 Å². The molecule has 0 saturated heterocycles. The first-order valence-corrected chi connectivity index (χ1v) is 2.81. The molecule has 0 radical (unpaired) electrons. The molecular weight excluding hydrogens is 136 g/mol. The molecule has 0 aliphatic carbocycles. The molecule has 0 N–H and O–H groups in total. The van der Waals surface area contributed by atoms with Gasteiger partial charge in [-0.3, -0.25) is 0 Å². The van der Waals surface area contributed by atoms with E-state index in [4.69, 9.17) is 9.47 Å². The summed E-state index contributed by atoms with van der Waals surface area (Å²) in [7, 11) is 1.51. The third kappa shape index (κ3) is 1.30. The highest BCUT2D eigenvalue weighted by Crippen LogP contribution is 2.20. The third-order valence-electron chi connectivity index (χ3n) is 1.06. The van der Waals surface area contributed by atoms with Crippen LogP contribution in [0.15, 0.2) is 10.2 Å². The van der Waals surface area contributed by atoms with Crippen molar-refractivity contribution < 1.29 is 14.3 Å². The Labute approximate surface area is 58.0 Å². The van der Waals surface area contributed by atoms with Gasteiger partial charge >= 0.3 is 6.09 Å². The van der Waals surface area contributed by atoms with E-state index in [-0.39, 0.29) is 6.61 Å². The number of ether oxygens (including phenoxy) is 2. The number of rotatable bonds is 2. The van der Waals surface area contributed by atoms with Crippen LogP contribution in [0.4, 0.5) is 4.79 Å². The van der Waals surface area contributed by atoms with Crippen LogP contribution in [-0.4, -0.2) is 25.5 Å². The molecule has 0 saturated carbocycles. The van der Waals surface area contributed by atoms with E-state index in [1.807, 2.05) is 0 Å². The molecule has 0 bridgehead atoms. The molecule has 1 heterocycles. The van der Waals surface area contributed by atoms with Gasteiger partial charge in [0.05, 0.1) is 0 Å². The molecule has 0 fully saturated rings. The van der Waals surface area contributed by atoms with E-state index in [0.717, 1.165) is 0 Å². The van der Waals surface area contributed by atoms with Gasteiger partial charge in [0.25, 0.3) is 0 Å². The second-order valence-electron chi connectivity index (χ2n) is 2.18. The van der Waals surface area contributed by atoms with Gasteiger partial charge in [-0.15, -0.1) is 5.11 Å². The van der Waals surface area contributed by atoms with E-state index in [9.17, 15) is 4.79 Å². The zero-order valence-electron chi connectivity index (χ0n) is 5.83. The van der Waals surface area contributed by atoms with Crippen LogP contribution in [0.1, 0.15) is 6.92 Å². The molecule has 56 valence electrons. The predicted octanol–water partition coefficient (Wildman–Crippen LogP) is 0.951. The highest BCUT2D eigenvalue weighted by molar-refractivity contribution is 5.69. The standard InChI is InChI=1S/C5H8N2O3/c1-5(3-9-2)7-6-4(8)10-5/h3H2,1-2H3. The summed E-state index contributed by atoms with van der Waals surface area (Å²) in [5, 5.41) is 6.76. The Morgan fingerprint density at radius 3 is 2.90 bits per heavy atom.